The molecule has 0 fully saturated rings. The van der Waals surface area contributed by atoms with E-state index in [1.807, 2.05) is 115 Å². The van der Waals surface area contributed by atoms with Gasteiger partial charge in [-0.05, 0) is 116 Å². The number of hydrogen-bond donors (Lipinski definition) is 0. The second-order valence-corrected chi connectivity index (χ2v) is 25.0. The van der Waals surface area contributed by atoms with Crippen molar-refractivity contribution in [2.45, 2.75) is 0 Å². The number of anilines is 14. The van der Waals surface area contributed by atoms with Gasteiger partial charge in [0.1, 0.15) is 23.3 Å². The summed E-state index contributed by atoms with van der Waals surface area (Å²) >= 11 is 0. The summed E-state index contributed by atoms with van der Waals surface area (Å²) in [6, 6.07) is 101. The van der Waals surface area contributed by atoms with Crippen LogP contribution < -0.4 is 50.1 Å². The summed E-state index contributed by atoms with van der Waals surface area (Å²) in [6.07, 6.45) is 15.7. The van der Waals surface area contributed by atoms with Crippen molar-refractivity contribution in [1.29, 1.82) is 0 Å². The molecule has 0 amide bonds. The molecule has 117 heavy (non-hydrogen) atoms. The number of nitrogens with zero attached hydrogens (tertiary/aromatic N) is 18. The van der Waals surface area contributed by atoms with Gasteiger partial charge in [-0.25, -0.2) is 9.97 Å². The standard InChI is InChI=1S/C19H13N3.C17H11N3.3C16H10N4.10CH3.5Ir/c1-2-7-15(8-3-1)16-13-21-18-10-5-4-9-17(18)20-12-6-11-19(20)22(21)14-16;1-2-7-14-13(6-1)12-19-16-9-4-3-8-15(16)18-11-5-10-17(18)20(14)19;1-2-6-13-12(5-1)10-19-15-8-4-3-7-14(15)18-11-17-9-16(18)20(13)19;1-2-6-13-12(5-1)11-19-15-8-4-3-7-14(15)18-10-9-17-16(18)20(13)19;1-2-6-13-12(5-1)11-18-14-7-3-4-8-15(14)19-16(20(13)18)9-10-17-19;;;;;;;;;;;;;;;/h1-9,11-14H;1-8,10-12H;2*1-7,9-11H;1-6,8-11H;10*1H3;;;;;/q5*-2;10*-1;;;;;. The Morgan fingerprint density at radius 2 is 0.658 bits per heavy atom. The summed E-state index contributed by atoms with van der Waals surface area (Å²) in [7, 11) is 0. The van der Waals surface area contributed by atoms with Gasteiger partial charge in [0.15, 0.2) is 0 Å². The first-order valence-electron chi connectivity index (χ1n) is 33.5. The van der Waals surface area contributed by atoms with Crippen molar-refractivity contribution in [3.8, 4) is 28.4 Å². The Morgan fingerprint density at radius 3 is 1.15 bits per heavy atom. The van der Waals surface area contributed by atoms with Crippen molar-refractivity contribution < 1.29 is 101 Å². The molecular formula is C94H84Ir5N18-20. The Bertz CT molecular complexity index is 5270. The van der Waals surface area contributed by atoms with Crippen LogP contribution in [0, 0.1) is 137 Å². The quantitative estimate of drug-likeness (QED) is 0.146. The van der Waals surface area contributed by atoms with Gasteiger partial charge < -0.3 is 138 Å². The van der Waals surface area contributed by atoms with Crippen LogP contribution in [-0.4, -0.2) is 38.0 Å². The second kappa shape index (κ2) is 38.7. The Kier molecular flexibility index (Phi) is 31.2. The van der Waals surface area contributed by atoms with E-state index >= 15 is 0 Å². The Hall–Kier alpha value is -11.3. The SMILES string of the molecule is [CH3-].[CH3-].[CH3-].[CH3-].[CH3-].[CH3-].[CH3-].[CH3-].[CH3-].[CH3-].[Ir].[Ir].[Ir].[Ir].[Ir].[c-]1cccc2c1N1[CH-]C(c3ccccc3)=CN1c1cccn1-2.[c-]1cccc2c1N1[CH-]c3ccccc3N1c1cccn1-2.[c-]1cccc2c1N1[CH-]c3ccccc3N1c1ccnn1-2.[c-]1cccc2c1N1[CH-]c3ccccc3N1c1cncn1-2.[c-]1cccc2c1N1[CH-]c3ccccc3N1c1nccn1-2. The fourth-order valence-electron chi connectivity index (χ4n) is 14.9. The topological polar surface area (TPSA) is 95.7 Å². The average Bonchev–Trinajstić information content (AvgIpc) is 1.60. The van der Waals surface area contributed by atoms with E-state index in [1.165, 1.54) is 39.1 Å². The minimum atomic E-state index is 0. The molecule has 15 aromatic rings. The van der Waals surface area contributed by atoms with Crippen molar-refractivity contribution in [3.05, 3.63) is 464 Å². The third kappa shape index (κ3) is 15.2. The van der Waals surface area contributed by atoms with Crippen LogP contribution in [0.5, 0.6) is 0 Å². The van der Waals surface area contributed by atoms with Gasteiger partial charge in [-0.15, -0.1) is 100 Å². The van der Waals surface area contributed by atoms with Crippen molar-refractivity contribution in [3.63, 3.8) is 0 Å². The van der Waals surface area contributed by atoms with Gasteiger partial charge in [0.05, 0.1) is 18.7 Å². The largest absolute Gasteiger partial charge is 0.358 e. The second-order valence-electron chi connectivity index (χ2n) is 25.0. The van der Waals surface area contributed by atoms with E-state index in [9.17, 15) is 0 Å². The van der Waals surface area contributed by atoms with Crippen LogP contribution in [0.1, 0.15) is 27.8 Å². The minimum absolute atomic E-state index is 0. The first-order valence-corrected chi connectivity index (χ1v) is 33.5. The Morgan fingerprint density at radius 1 is 0.282 bits per heavy atom. The molecule has 5 aromatic heterocycles. The van der Waals surface area contributed by atoms with Gasteiger partial charge in [-0.2, -0.15) is 120 Å². The van der Waals surface area contributed by atoms with Gasteiger partial charge in [0, 0.05) is 119 Å². The maximum absolute atomic E-state index is 4.51. The van der Waals surface area contributed by atoms with Crippen LogP contribution in [-0.2, 0) is 101 Å². The summed E-state index contributed by atoms with van der Waals surface area (Å²) in [4.78, 5) is 8.81. The molecule has 23 heteroatoms. The van der Waals surface area contributed by atoms with E-state index in [-0.39, 0.29) is 175 Å². The first-order chi connectivity index (χ1) is 50.6. The molecule has 0 atom stereocenters. The fraction of sp³-hybridized carbons (Fsp3) is 0. The molecule has 5 radical (unpaired) electrons. The van der Waals surface area contributed by atoms with Gasteiger partial charge >= 0.3 is 0 Å². The predicted octanol–water partition coefficient (Wildman–Crippen LogP) is 21.4. The molecule has 0 unspecified atom stereocenters. The molecule has 18 nitrogen and oxygen atoms in total. The number of benzene rings is 10. The average molecular weight is 2430 g/mol. The van der Waals surface area contributed by atoms with Crippen molar-refractivity contribution >= 4 is 86.0 Å². The van der Waals surface area contributed by atoms with E-state index in [1.54, 1.807) is 0 Å². The summed E-state index contributed by atoms with van der Waals surface area (Å²) in [5.74, 6) is 5.27. The van der Waals surface area contributed by atoms with Gasteiger partial charge in [0.25, 0.3) is 0 Å². The van der Waals surface area contributed by atoms with Crippen LogP contribution >= 0.6 is 0 Å². The van der Waals surface area contributed by atoms with E-state index < -0.39 is 0 Å². The molecule has 0 aliphatic carbocycles. The predicted molar refractivity (Wildman–Crippen MR) is 462 cm³/mol. The van der Waals surface area contributed by atoms with E-state index in [0.717, 1.165) is 103 Å². The summed E-state index contributed by atoms with van der Waals surface area (Å²) in [5, 5.41) is 26.0. The third-order valence-corrected chi connectivity index (χ3v) is 19.3. The minimum Gasteiger partial charge on any atom is -0.358 e. The molecule has 10 aromatic carbocycles. The smallest absolute Gasteiger partial charge is 0.210 e. The number of para-hydroxylation sites is 9. The fourth-order valence-corrected chi connectivity index (χ4v) is 14.9. The summed E-state index contributed by atoms with van der Waals surface area (Å²) in [5.41, 5.74) is 22.7. The molecular weight excluding hydrogens is 2340 g/mol. The molecule has 10 aliphatic rings. The van der Waals surface area contributed by atoms with Gasteiger partial charge in [-0.1, -0.05) is 106 Å². The zero-order chi connectivity index (χ0) is 66.9. The molecule has 0 saturated heterocycles. The zero-order valence-corrected chi connectivity index (χ0v) is 77.9. The van der Waals surface area contributed by atoms with Crippen molar-refractivity contribution in [1.82, 2.24) is 38.0 Å². The van der Waals surface area contributed by atoms with Gasteiger partial charge in [-0.3, -0.25) is 9.69 Å². The molecule has 0 N–H and O–H groups in total. The molecule has 25 rings (SSSR count). The number of imidazole rings is 2. The summed E-state index contributed by atoms with van der Waals surface area (Å²) in [6.45, 7) is 10.7. The molecule has 15 heterocycles. The molecule has 10 aliphatic heterocycles. The molecule has 0 bridgehead atoms. The number of fused-ring (bicyclic) bond motifs is 38. The number of rotatable bonds is 1. The molecule has 0 saturated carbocycles. The maximum atomic E-state index is 4.51. The van der Waals surface area contributed by atoms with Crippen molar-refractivity contribution in [2.75, 3.05) is 50.1 Å². The monoisotopic (exact) mass is 2430 g/mol. The van der Waals surface area contributed by atoms with Crippen LogP contribution in [0.15, 0.2) is 298 Å². The van der Waals surface area contributed by atoms with E-state index in [0.29, 0.717) is 0 Å². The Balaban J connectivity index is 0.000000220. The number of hydrogen-bond acceptors (Lipinski definition) is 13. The first kappa shape index (κ1) is 94.6. The van der Waals surface area contributed by atoms with Crippen LogP contribution in [0.4, 0.5) is 80.4 Å². The normalized spacial score (nSPS) is 12.5. The number of hydrazine groups is 5. The van der Waals surface area contributed by atoms with Crippen LogP contribution in [0.3, 0.4) is 0 Å². The third-order valence-electron chi connectivity index (χ3n) is 19.3. The van der Waals surface area contributed by atoms with Crippen LogP contribution in [0.25, 0.3) is 34.0 Å². The van der Waals surface area contributed by atoms with E-state index in [4.69, 9.17) is 0 Å². The number of aromatic nitrogens is 8. The van der Waals surface area contributed by atoms with E-state index in [2.05, 4.69) is 335 Å². The molecule has 615 valence electrons. The van der Waals surface area contributed by atoms with Crippen LogP contribution in [0.2, 0.25) is 0 Å². The Labute approximate surface area is 759 Å². The zero-order valence-electron chi connectivity index (χ0n) is 65.9. The van der Waals surface area contributed by atoms with Gasteiger partial charge in [0.2, 0.25) is 5.95 Å². The van der Waals surface area contributed by atoms with Crippen molar-refractivity contribution in [2.24, 2.45) is 0 Å². The summed E-state index contributed by atoms with van der Waals surface area (Å²) < 4.78 is 10.5. The maximum Gasteiger partial charge on any atom is 0.210 e. The molecule has 0 spiro atoms.